The molecule has 0 radical (unpaired) electrons. The van der Waals surface area contributed by atoms with Crippen LogP contribution in [0.1, 0.15) is 13.3 Å². The average molecular weight is 137 g/mol. The number of ether oxygens (including phenoxy) is 1. The normalized spacial score (nSPS) is 8.25. The smallest absolute Gasteiger partial charge is 0.381 e. The predicted molar refractivity (Wildman–Crippen MR) is 27.6 cm³/mol. The molecule has 0 aromatic rings. The monoisotopic (exact) mass is 136 g/mol. The molecule has 0 unspecified atom stereocenters. The lowest BCUT2D eigenvalue weighted by atomic mass is 10.5. The molecule has 3 nitrogen and oxygen atoms in total. The van der Waals surface area contributed by atoms with E-state index in [0.29, 0.717) is 0 Å². The first kappa shape index (κ1) is 7.43. The second kappa shape index (κ2) is 3.43. The summed E-state index contributed by atoms with van der Waals surface area (Å²) < 4.78 is 3.89. The van der Waals surface area contributed by atoms with Crippen molar-refractivity contribution in [2.45, 2.75) is 13.3 Å². The van der Waals surface area contributed by atoms with Gasteiger partial charge in [0.25, 0.3) is 0 Å². The Bertz CT molecular complexity index is 110. The Kier molecular flexibility index (Phi) is 3.19. The van der Waals surface area contributed by atoms with E-state index >= 15 is 0 Å². The van der Waals surface area contributed by atoms with Gasteiger partial charge in [-0.1, -0.05) is 6.92 Å². The van der Waals surface area contributed by atoms with Crippen molar-refractivity contribution in [2.75, 3.05) is 0 Å². The molecule has 0 aliphatic rings. The van der Waals surface area contributed by atoms with Crippen molar-refractivity contribution in [1.82, 2.24) is 0 Å². The van der Waals surface area contributed by atoms with Crippen LogP contribution >= 0.6 is 11.6 Å². The molecule has 0 aliphatic carbocycles. The van der Waals surface area contributed by atoms with Gasteiger partial charge in [-0.3, -0.25) is 4.79 Å². The number of halogens is 1. The second-order valence-corrected chi connectivity index (χ2v) is 1.37. The molecule has 0 N–H and O–H groups in total. The third kappa shape index (κ3) is 3.61. The lowest BCUT2D eigenvalue weighted by Crippen LogP contribution is -2.03. The molecular weight excluding hydrogens is 131 g/mol. The standard InChI is InChI=1S/C4H5ClO3/c1-2-3(6)8-4(5)7/h2H2,1H3. The van der Waals surface area contributed by atoms with Crippen LogP contribution in [0.15, 0.2) is 0 Å². The molecule has 46 valence electrons. The predicted octanol–water partition coefficient (Wildman–Crippen LogP) is 1.30. The van der Waals surface area contributed by atoms with Gasteiger partial charge in [0.2, 0.25) is 0 Å². The SMILES string of the molecule is CCC(=O)OC(=O)Cl. The van der Waals surface area contributed by atoms with Gasteiger partial charge in [-0.05, 0) is 0 Å². The molecule has 0 atom stereocenters. The Morgan fingerprint density at radius 3 is 2.25 bits per heavy atom. The van der Waals surface area contributed by atoms with E-state index in [2.05, 4.69) is 16.3 Å². The Morgan fingerprint density at radius 2 is 2.12 bits per heavy atom. The third-order valence-corrected chi connectivity index (χ3v) is 0.560. The minimum atomic E-state index is -1.07. The van der Waals surface area contributed by atoms with Crippen molar-refractivity contribution in [1.29, 1.82) is 0 Å². The molecule has 8 heavy (non-hydrogen) atoms. The van der Waals surface area contributed by atoms with Gasteiger partial charge in [0.1, 0.15) is 0 Å². The maximum atomic E-state index is 10.1. The quantitative estimate of drug-likeness (QED) is 0.310. The van der Waals surface area contributed by atoms with Crippen molar-refractivity contribution >= 4 is 23.0 Å². The molecule has 0 aliphatic heterocycles. The zero-order valence-electron chi connectivity index (χ0n) is 4.31. The molecule has 0 spiro atoms. The molecule has 0 saturated carbocycles. The van der Waals surface area contributed by atoms with Gasteiger partial charge in [0.15, 0.2) is 0 Å². The van der Waals surface area contributed by atoms with E-state index < -0.39 is 11.4 Å². The molecule has 0 amide bonds. The molecular formula is C4H5ClO3. The summed E-state index contributed by atoms with van der Waals surface area (Å²) in [5, 5.41) is 0. The molecule has 0 saturated heterocycles. The van der Waals surface area contributed by atoms with Crippen LogP contribution in [0.4, 0.5) is 4.79 Å². The van der Waals surface area contributed by atoms with E-state index in [1.807, 2.05) is 0 Å². The van der Waals surface area contributed by atoms with Crippen LogP contribution in [-0.2, 0) is 9.53 Å². The molecule has 0 heterocycles. The highest BCUT2D eigenvalue weighted by molar-refractivity contribution is 6.61. The zero-order chi connectivity index (χ0) is 6.57. The highest BCUT2D eigenvalue weighted by Crippen LogP contribution is 1.89. The minimum Gasteiger partial charge on any atom is -0.381 e. The van der Waals surface area contributed by atoms with E-state index in [-0.39, 0.29) is 6.42 Å². The summed E-state index contributed by atoms with van der Waals surface area (Å²) in [5.41, 5.74) is -1.07. The minimum absolute atomic E-state index is 0.165. The molecule has 0 bridgehead atoms. The highest BCUT2D eigenvalue weighted by atomic mass is 35.5. The topological polar surface area (TPSA) is 43.4 Å². The third-order valence-electron chi connectivity index (χ3n) is 0.483. The van der Waals surface area contributed by atoms with Gasteiger partial charge in [-0.25, -0.2) is 4.79 Å². The van der Waals surface area contributed by atoms with Crippen LogP contribution in [0.2, 0.25) is 0 Å². The summed E-state index contributed by atoms with van der Waals surface area (Å²) in [7, 11) is 0. The molecule has 0 aromatic heterocycles. The number of hydrogen-bond acceptors (Lipinski definition) is 3. The van der Waals surface area contributed by atoms with Crippen molar-refractivity contribution < 1.29 is 14.3 Å². The van der Waals surface area contributed by atoms with Crippen LogP contribution in [0, 0.1) is 0 Å². The second-order valence-electron chi connectivity index (χ2n) is 1.07. The fourth-order valence-electron chi connectivity index (χ4n) is 0.162. The Morgan fingerprint density at radius 1 is 1.62 bits per heavy atom. The van der Waals surface area contributed by atoms with E-state index in [1.165, 1.54) is 0 Å². The Hall–Kier alpha value is -0.570. The van der Waals surface area contributed by atoms with Gasteiger partial charge < -0.3 is 4.74 Å². The van der Waals surface area contributed by atoms with Crippen LogP contribution in [0.5, 0.6) is 0 Å². The van der Waals surface area contributed by atoms with E-state index in [9.17, 15) is 9.59 Å². The molecule has 0 fully saturated rings. The lowest BCUT2D eigenvalue weighted by molar-refractivity contribution is -0.136. The van der Waals surface area contributed by atoms with Crippen LogP contribution in [0.3, 0.4) is 0 Å². The van der Waals surface area contributed by atoms with Gasteiger partial charge in [0, 0.05) is 18.0 Å². The lowest BCUT2D eigenvalue weighted by Gasteiger charge is -1.90. The maximum Gasteiger partial charge on any atom is 0.411 e. The van der Waals surface area contributed by atoms with Crippen LogP contribution in [-0.4, -0.2) is 11.4 Å². The first-order valence-electron chi connectivity index (χ1n) is 2.07. The summed E-state index contributed by atoms with van der Waals surface area (Å²) in [4.78, 5) is 19.8. The van der Waals surface area contributed by atoms with Crippen LogP contribution < -0.4 is 0 Å². The fraction of sp³-hybridized carbons (Fsp3) is 0.500. The Balaban J connectivity index is 3.40. The van der Waals surface area contributed by atoms with E-state index in [4.69, 9.17) is 0 Å². The molecule has 0 aromatic carbocycles. The first-order chi connectivity index (χ1) is 3.66. The number of carbonyl (C=O) groups is 2. The average Bonchev–Trinajstić information content (AvgIpc) is 1.65. The first-order valence-corrected chi connectivity index (χ1v) is 2.44. The zero-order valence-corrected chi connectivity index (χ0v) is 5.07. The largest absolute Gasteiger partial charge is 0.411 e. The number of carbonyl (C=O) groups excluding carboxylic acids is 2. The van der Waals surface area contributed by atoms with Gasteiger partial charge >= 0.3 is 11.4 Å². The number of rotatable bonds is 1. The Labute approximate surface area is 51.6 Å². The van der Waals surface area contributed by atoms with Crippen molar-refractivity contribution in [3.8, 4) is 0 Å². The summed E-state index contributed by atoms with van der Waals surface area (Å²) >= 11 is 4.67. The van der Waals surface area contributed by atoms with Crippen molar-refractivity contribution in [2.24, 2.45) is 0 Å². The van der Waals surface area contributed by atoms with E-state index in [0.717, 1.165) is 0 Å². The summed E-state index contributed by atoms with van der Waals surface area (Å²) in [5.74, 6) is -0.606. The fourth-order valence-corrected chi connectivity index (χ4v) is 0.248. The maximum absolute atomic E-state index is 10.1. The molecule has 0 rings (SSSR count). The van der Waals surface area contributed by atoms with E-state index in [1.54, 1.807) is 6.92 Å². The summed E-state index contributed by atoms with van der Waals surface area (Å²) in [6, 6.07) is 0. The number of esters is 1. The van der Waals surface area contributed by atoms with Crippen LogP contribution in [0.25, 0.3) is 0 Å². The van der Waals surface area contributed by atoms with Crippen molar-refractivity contribution in [3.63, 3.8) is 0 Å². The van der Waals surface area contributed by atoms with Crippen molar-refractivity contribution in [3.05, 3.63) is 0 Å². The van der Waals surface area contributed by atoms with Gasteiger partial charge in [0.05, 0.1) is 0 Å². The number of hydrogen-bond donors (Lipinski definition) is 0. The highest BCUT2D eigenvalue weighted by Gasteiger charge is 2.01. The van der Waals surface area contributed by atoms with Gasteiger partial charge in [-0.2, -0.15) is 0 Å². The summed E-state index contributed by atoms with van der Waals surface area (Å²) in [6.07, 6.45) is 0.165. The van der Waals surface area contributed by atoms with Gasteiger partial charge in [-0.15, -0.1) is 0 Å². The summed E-state index contributed by atoms with van der Waals surface area (Å²) in [6.45, 7) is 1.57. The molecule has 4 heteroatoms.